The van der Waals surface area contributed by atoms with Crippen LogP contribution in [0.1, 0.15) is 11.4 Å². The molecule has 172 valence electrons. The van der Waals surface area contributed by atoms with E-state index in [-0.39, 0.29) is 17.9 Å². The Morgan fingerprint density at radius 3 is 2.55 bits per heavy atom. The maximum Gasteiger partial charge on any atom is 0.418 e. The number of ether oxygens (including phenoxy) is 1. The molecule has 3 N–H and O–H groups in total. The molecule has 3 aromatic heterocycles. The molecule has 0 spiro atoms. The summed E-state index contributed by atoms with van der Waals surface area (Å²) >= 11 is 0. The van der Waals surface area contributed by atoms with E-state index in [1.54, 1.807) is 24.0 Å². The van der Waals surface area contributed by atoms with Crippen LogP contribution >= 0.6 is 0 Å². The molecule has 0 fully saturated rings. The highest BCUT2D eigenvalue weighted by atomic mass is 19.4. The molecule has 0 aliphatic carbocycles. The standard InChI is InChI=1S/C20H15F5N6O2/c1-31-5-4-26-15(31)9-29-19(32)30-10-6-12(21)17(13(22)7-10)33-14-2-3-27-18-16(14)11(8-28-18)20(23,24)25/h2-8H,9H2,1H3,(H,27,28)(H2,29,30,32). The number of aryl methyl sites for hydroxylation is 1. The number of rotatable bonds is 5. The van der Waals surface area contributed by atoms with Crippen LogP contribution in [0.3, 0.4) is 0 Å². The van der Waals surface area contributed by atoms with Crippen LogP contribution < -0.4 is 15.4 Å². The highest BCUT2D eigenvalue weighted by molar-refractivity contribution is 5.89. The van der Waals surface area contributed by atoms with Gasteiger partial charge in [0.15, 0.2) is 17.4 Å². The lowest BCUT2D eigenvalue weighted by Crippen LogP contribution is -2.29. The fourth-order valence-electron chi connectivity index (χ4n) is 3.08. The van der Waals surface area contributed by atoms with Gasteiger partial charge in [-0.25, -0.2) is 23.5 Å². The number of H-pyrrole nitrogens is 1. The number of aromatic nitrogens is 4. The Morgan fingerprint density at radius 1 is 1.18 bits per heavy atom. The Hall–Kier alpha value is -4.16. The minimum absolute atomic E-state index is 0.0672. The van der Waals surface area contributed by atoms with E-state index in [9.17, 15) is 26.7 Å². The molecule has 2 amide bonds. The number of hydrogen-bond acceptors (Lipinski definition) is 4. The van der Waals surface area contributed by atoms with Crippen LogP contribution in [0.4, 0.5) is 32.4 Å². The zero-order valence-electron chi connectivity index (χ0n) is 16.8. The highest BCUT2D eigenvalue weighted by Gasteiger charge is 2.35. The first-order chi connectivity index (χ1) is 15.6. The van der Waals surface area contributed by atoms with Gasteiger partial charge in [0, 0.05) is 49.7 Å². The fraction of sp³-hybridized carbons (Fsp3) is 0.150. The number of urea groups is 1. The van der Waals surface area contributed by atoms with Gasteiger partial charge in [-0.3, -0.25) is 0 Å². The maximum atomic E-state index is 14.6. The van der Waals surface area contributed by atoms with E-state index in [0.29, 0.717) is 12.0 Å². The molecule has 3 heterocycles. The number of fused-ring (bicyclic) bond motifs is 1. The first-order valence-corrected chi connectivity index (χ1v) is 9.34. The monoisotopic (exact) mass is 466 g/mol. The molecule has 0 atom stereocenters. The van der Waals surface area contributed by atoms with E-state index >= 15 is 0 Å². The summed E-state index contributed by atoms with van der Waals surface area (Å²) in [6.07, 6.45) is 0.298. The second-order valence-electron chi connectivity index (χ2n) is 6.87. The zero-order chi connectivity index (χ0) is 23.8. The number of hydrogen-bond donors (Lipinski definition) is 3. The molecular weight excluding hydrogens is 451 g/mol. The Balaban J connectivity index is 1.54. The summed E-state index contributed by atoms with van der Waals surface area (Å²) in [4.78, 5) is 22.1. The van der Waals surface area contributed by atoms with Gasteiger partial charge in [0.1, 0.15) is 17.2 Å². The van der Waals surface area contributed by atoms with Crippen LogP contribution in [0, 0.1) is 11.6 Å². The normalized spacial score (nSPS) is 11.6. The molecule has 0 saturated carbocycles. The zero-order valence-corrected chi connectivity index (χ0v) is 16.8. The lowest BCUT2D eigenvalue weighted by molar-refractivity contribution is -0.136. The van der Waals surface area contributed by atoms with Crippen molar-refractivity contribution in [1.29, 1.82) is 0 Å². The van der Waals surface area contributed by atoms with E-state index in [2.05, 4.69) is 25.6 Å². The summed E-state index contributed by atoms with van der Waals surface area (Å²) in [5.41, 5.74) is -1.49. The van der Waals surface area contributed by atoms with Crippen molar-refractivity contribution >= 4 is 22.8 Å². The SMILES string of the molecule is Cn1ccnc1CNC(=O)Nc1cc(F)c(Oc2ccnc3[nH]cc(C(F)(F)F)c23)c(F)c1. The Kier molecular flexibility index (Phi) is 5.62. The van der Waals surface area contributed by atoms with Crippen LogP contribution in [0.15, 0.2) is 43.0 Å². The van der Waals surface area contributed by atoms with E-state index in [4.69, 9.17) is 4.74 Å². The summed E-state index contributed by atoms with van der Waals surface area (Å²) < 4.78 is 75.8. The van der Waals surface area contributed by atoms with Gasteiger partial charge in [0.05, 0.1) is 17.5 Å². The van der Waals surface area contributed by atoms with Crippen molar-refractivity contribution in [2.24, 2.45) is 7.05 Å². The number of carbonyl (C=O) groups excluding carboxylic acids is 1. The number of alkyl halides is 3. The molecular formula is C20H15F5N6O2. The molecule has 13 heteroatoms. The van der Waals surface area contributed by atoms with Crippen molar-refractivity contribution in [3.05, 3.63) is 66.0 Å². The van der Waals surface area contributed by atoms with Crippen molar-refractivity contribution in [1.82, 2.24) is 24.8 Å². The molecule has 4 rings (SSSR count). The number of nitrogens with one attached hydrogen (secondary N) is 3. The van der Waals surface area contributed by atoms with E-state index in [0.717, 1.165) is 24.4 Å². The number of imidazole rings is 1. The topological polar surface area (TPSA) is 96.9 Å². The Bertz CT molecular complexity index is 1310. The van der Waals surface area contributed by atoms with E-state index in [1.165, 1.54) is 0 Å². The molecule has 0 aliphatic rings. The Labute approximate surface area is 182 Å². The van der Waals surface area contributed by atoms with Crippen LogP contribution in [0.2, 0.25) is 0 Å². The van der Waals surface area contributed by atoms with Gasteiger partial charge in [0.25, 0.3) is 0 Å². The first kappa shape index (κ1) is 22.0. The number of anilines is 1. The predicted molar refractivity (Wildman–Crippen MR) is 107 cm³/mol. The first-order valence-electron chi connectivity index (χ1n) is 9.34. The van der Waals surface area contributed by atoms with Crippen molar-refractivity contribution in [2.75, 3.05) is 5.32 Å². The molecule has 0 saturated heterocycles. The summed E-state index contributed by atoms with van der Waals surface area (Å²) in [6, 6.07) is 1.86. The van der Waals surface area contributed by atoms with Crippen molar-refractivity contribution < 1.29 is 31.5 Å². The number of benzene rings is 1. The molecule has 4 aromatic rings. The highest BCUT2D eigenvalue weighted by Crippen LogP contribution is 2.40. The third kappa shape index (κ3) is 4.56. The summed E-state index contributed by atoms with van der Waals surface area (Å²) in [5, 5.41) is 4.27. The number of pyridine rings is 1. The average molecular weight is 466 g/mol. The molecule has 0 unspecified atom stereocenters. The van der Waals surface area contributed by atoms with Gasteiger partial charge in [0.2, 0.25) is 0 Å². The van der Waals surface area contributed by atoms with Gasteiger partial charge < -0.3 is 24.9 Å². The third-order valence-corrected chi connectivity index (χ3v) is 4.64. The minimum atomic E-state index is -4.74. The maximum absolute atomic E-state index is 14.6. The molecule has 0 radical (unpaired) electrons. The smallest absolute Gasteiger partial charge is 0.418 e. The number of carbonyl (C=O) groups is 1. The van der Waals surface area contributed by atoms with Crippen LogP contribution in [-0.2, 0) is 19.8 Å². The van der Waals surface area contributed by atoms with Crippen molar-refractivity contribution in [2.45, 2.75) is 12.7 Å². The quantitative estimate of drug-likeness (QED) is 0.371. The third-order valence-electron chi connectivity index (χ3n) is 4.64. The molecule has 8 nitrogen and oxygen atoms in total. The summed E-state index contributed by atoms with van der Waals surface area (Å²) in [6.45, 7) is 0.0672. The summed E-state index contributed by atoms with van der Waals surface area (Å²) in [7, 11) is 1.73. The summed E-state index contributed by atoms with van der Waals surface area (Å²) in [5.74, 6) is -3.29. The predicted octanol–water partition coefficient (Wildman–Crippen LogP) is 4.71. The van der Waals surface area contributed by atoms with Gasteiger partial charge in [-0.1, -0.05) is 0 Å². The van der Waals surface area contributed by atoms with Gasteiger partial charge >= 0.3 is 12.2 Å². The van der Waals surface area contributed by atoms with Crippen molar-refractivity contribution in [3.8, 4) is 11.5 Å². The molecule has 0 bridgehead atoms. The second kappa shape index (κ2) is 8.41. The van der Waals surface area contributed by atoms with Crippen LogP contribution in [0.25, 0.3) is 11.0 Å². The molecule has 1 aromatic carbocycles. The average Bonchev–Trinajstić information content (AvgIpc) is 3.35. The molecule has 33 heavy (non-hydrogen) atoms. The Morgan fingerprint density at radius 2 is 1.91 bits per heavy atom. The lowest BCUT2D eigenvalue weighted by atomic mass is 10.2. The minimum Gasteiger partial charge on any atom is -0.450 e. The van der Waals surface area contributed by atoms with E-state index in [1.807, 2.05) is 0 Å². The van der Waals surface area contributed by atoms with Crippen molar-refractivity contribution in [3.63, 3.8) is 0 Å². The number of nitrogens with zero attached hydrogens (tertiary/aromatic N) is 3. The van der Waals surface area contributed by atoms with Gasteiger partial charge in [-0.2, -0.15) is 13.2 Å². The van der Waals surface area contributed by atoms with Crippen LogP contribution in [-0.4, -0.2) is 25.6 Å². The van der Waals surface area contributed by atoms with Crippen LogP contribution in [0.5, 0.6) is 11.5 Å². The van der Waals surface area contributed by atoms with Gasteiger partial charge in [-0.05, 0) is 6.07 Å². The van der Waals surface area contributed by atoms with E-state index < -0.39 is 46.3 Å². The second-order valence-corrected chi connectivity index (χ2v) is 6.87. The number of amides is 2. The molecule has 0 aliphatic heterocycles. The fourth-order valence-corrected chi connectivity index (χ4v) is 3.08. The largest absolute Gasteiger partial charge is 0.450 e. The number of aromatic amines is 1. The lowest BCUT2D eigenvalue weighted by Gasteiger charge is -2.13. The van der Waals surface area contributed by atoms with Gasteiger partial charge in [-0.15, -0.1) is 0 Å². The number of halogens is 5.